The summed E-state index contributed by atoms with van der Waals surface area (Å²) in [5.41, 5.74) is 0.742. The van der Waals surface area contributed by atoms with E-state index in [4.69, 9.17) is 18.4 Å². The Morgan fingerprint density at radius 1 is 1.00 bits per heavy atom. The zero-order valence-electron chi connectivity index (χ0n) is 10.3. The Morgan fingerprint density at radius 2 is 1.58 bits per heavy atom. The lowest BCUT2D eigenvalue weighted by molar-refractivity contribution is 1.52. The highest BCUT2D eigenvalue weighted by molar-refractivity contribution is 5.84. The number of benzene rings is 2. The molecule has 3 nitrogen and oxygen atoms in total. The fourth-order valence-corrected chi connectivity index (χ4v) is 1.84. The minimum atomic E-state index is 0.0925. The van der Waals surface area contributed by atoms with Crippen LogP contribution < -0.4 is 10.4 Å². The van der Waals surface area contributed by atoms with Crippen molar-refractivity contribution in [3.63, 3.8) is 0 Å². The molecule has 88 valence electrons. The summed E-state index contributed by atoms with van der Waals surface area (Å²) in [6, 6.07) is 13.1. The number of fused-ring (bicyclic) bond motifs is 1. The third-order valence-corrected chi connectivity index (χ3v) is 2.92. The molecule has 2 rings (SSSR count). The van der Waals surface area contributed by atoms with Gasteiger partial charge in [0.25, 0.3) is 5.70 Å². The molecule has 0 aliphatic heterocycles. The van der Waals surface area contributed by atoms with Gasteiger partial charge >= 0.3 is 0 Å². The van der Waals surface area contributed by atoms with Crippen LogP contribution in [0.15, 0.2) is 36.4 Å². The third kappa shape index (κ3) is 2.29. The molecule has 0 aliphatic rings. The van der Waals surface area contributed by atoms with Gasteiger partial charge in [-0.3, -0.25) is 0 Å². The van der Waals surface area contributed by atoms with Crippen molar-refractivity contribution in [3.05, 3.63) is 69.7 Å². The molecule has 0 aromatic heterocycles. The maximum Gasteiger partial charge on any atom is 0.268 e. The Bertz CT molecular complexity index is 884. The van der Waals surface area contributed by atoms with E-state index in [-0.39, 0.29) is 5.70 Å². The smallest absolute Gasteiger partial charge is 0.242 e. The largest absolute Gasteiger partial charge is 0.268 e. The number of hydrogen-bond donors (Lipinski definition) is 0. The lowest BCUT2D eigenvalue weighted by Crippen LogP contribution is -2.05. The molecule has 0 aliphatic carbocycles. The molecule has 0 amide bonds. The summed E-state index contributed by atoms with van der Waals surface area (Å²) >= 11 is 0. The van der Waals surface area contributed by atoms with Crippen molar-refractivity contribution in [3.8, 4) is 6.07 Å². The van der Waals surface area contributed by atoms with Gasteiger partial charge in [0.15, 0.2) is 5.70 Å². The van der Waals surface area contributed by atoms with E-state index < -0.39 is 0 Å². The minimum absolute atomic E-state index is 0.0925. The summed E-state index contributed by atoms with van der Waals surface area (Å²) in [6.45, 7) is 15.7. The zero-order chi connectivity index (χ0) is 13.8. The predicted molar refractivity (Wildman–Crippen MR) is 74.5 cm³/mol. The molecular weight excluding hydrogens is 234 g/mol. The van der Waals surface area contributed by atoms with E-state index in [2.05, 4.69) is 9.69 Å². The molecule has 0 fully saturated rings. The van der Waals surface area contributed by atoms with Gasteiger partial charge < -0.3 is 0 Å². The number of nitrogens with zero attached hydrogens (tertiary/aromatic N) is 3. The van der Waals surface area contributed by atoms with Gasteiger partial charge in [-0.25, -0.2) is 15.0 Å². The summed E-state index contributed by atoms with van der Waals surface area (Å²) in [6.07, 6.45) is 0. The van der Waals surface area contributed by atoms with Crippen molar-refractivity contribution in [2.45, 2.75) is 6.92 Å². The zero-order valence-corrected chi connectivity index (χ0v) is 10.3. The van der Waals surface area contributed by atoms with Gasteiger partial charge in [0.2, 0.25) is 0 Å². The fraction of sp³-hybridized carbons (Fsp3) is 0.0625. The standard InChI is InChI=1S/C16H9N3/c1-11(18-2)12-4-5-14-9-15(16(10-17)19-3)7-6-13(14)8-12/h4-9H,1H3/b12-11-,16-15+. The molecule has 0 atom stereocenters. The van der Waals surface area contributed by atoms with E-state index in [1.165, 1.54) is 0 Å². The van der Waals surface area contributed by atoms with E-state index in [0.29, 0.717) is 10.9 Å². The van der Waals surface area contributed by atoms with Crippen LogP contribution in [-0.2, 0) is 0 Å². The first-order valence-corrected chi connectivity index (χ1v) is 5.59. The van der Waals surface area contributed by atoms with E-state index in [9.17, 15) is 0 Å². The van der Waals surface area contributed by atoms with Crippen LogP contribution in [0.3, 0.4) is 0 Å². The number of rotatable bonds is 0. The molecule has 0 unspecified atom stereocenters. The van der Waals surface area contributed by atoms with Crippen molar-refractivity contribution < 1.29 is 0 Å². The highest BCUT2D eigenvalue weighted by atomic mass is 14.7. The summed E-state index contributed by atoms with van der Waals surface area (Å²) < 4.78 is 0. The van der Waals surface area contributed by atoms with Crippen molar-refractivity contribution in [1.29, 1.82) is 5.26 Å². The quantitative estimate of drug-likeness (QED) is 0.654. The van der Waals surface area contributed by atoms with Crippen molar-refractivity contribution in [1.82, 2.24) is 0 Å². The molecule has 0 bridgehead atoms. The maximum absolute atomic E-state index is 8.86. The Balaban J connectivity index is 2.82. The summed E-state index contributed by atoms with van der Waals surface area (Å²) in [7, 11) is 0. The van der Waals surface area contributed by atoms with E-state index in [0.717, 1.165) is 16.0 Å². The predicted octanol–water partition coefficient (Wildman–Crippen LogP) is 2.44. The van der Waals surface area contributed by atoms with Crippen LogP contribution in [0.5, 0.6) is 0 Å². The van der Waals surface area contributed by atoms with Gasteiger partial charge in [0.05, 0.1) is 19.2 Å². The lowest BCUT2D eigenvalue weighted by atomic mass is 10.1. The lowest BCUT2D eigenvalue weighted by Gasteiger charge is -1.98. The van der Waals surface area contributed by atoms with Crippen LogP contribution in [0.4, 0.5) is 0 Å². The van der Waals surface area contributed by atoms with Gasteiger partial charge in [-0.1, -0.05) is 36.4 Å². The molecule has 0 N–H and O–H groups in total. The van der Waals surface area contributed by atoms with Crippen LogP contribution in [0.25, 0.3) is 31.9 Å². The second-order valence-electron chi connectivity index (χ2n) is 4.05. The van der Waals surface area contributed by atoms with E-state index in [1.807, 2.05) is 36.4 Å². The van der Waals surface area contributed by atoms with Gasteiger partial charge in [0.1, 0.15) is 0 Å². The van der Waals surface area contributed by atoms with Gasteiger partial charge in [-0.05, 0) is 28.1 Å². The Labute approximate surface area is 111 Å². The molecular formula is C16H9N3. The van der Waals surface area contributed by atoms with E-state index >= 15 is 0 Å². The van der Waals surface area contributed by atoms with Crippen molar-refractivity contribution in [2.24, 2.45) is 0 Å². The molecule has 0 heterocycles. The first kappa shape index (κ1) is 12.4. The monoisotopic (exact) mass is 243 g/mol. The minimum Gasteiger partial charge on any atom is -0.242 e. The SMILES string of the molecule is [C-]#[N+]/C(C)=c1/ccc2c/c(=C(\C#N)[N+]#[C-])ccc2c1. The highest BCUT2D eigenvalue weighted by Gasteiger charge is 1.98. The molecule has 2 aromatic rings. The van der Waals surface area contributed by atoms with Crippen LogP contribution in [0.2, 0.25) is 0 Å². The first-order valence-electron chi connectivity index (χ1n) is 5.59. The number of hydrogen-bond acceptors (Lipinski definition) is 1. The second-order valence-corrected chi connectivity index (χ2v) is 4.05. The van der Waals surface area contributed by atoms with Gasteiger partial charge in [-0.15, -0.1) is 0 Å². The Morgan fingerprint density at radius 3 is 2.11 bits per heavy atom. The fourth-order valence-electron chi connectivity index (χ4n) is 1.84. The average Bonchev–Trinajstić information content (AvgIpc) is 2.47. The van der Waals surface area contributed by atoms with Crippen LogP contribution >= 0.6 is 0 Å². The highest BCUT2D eigenvalue weighted by Crippen LogP contribution is 2.09. The second kappa shape index (κ2) is 5.05. The molecule has 3 heteroatoms. The molecule has 19 heavy (non-hydrogen) atoms. The molecule has 0 saturated heterocycles. The van der Waals surface area contributed by atoms with Crippen molar-refractivity contribution in [2.75, 3.05) is 0 Å². The summed E-state index contributed by atoms with van der Waals surface area (Å²) in [5, 5.41) is 12.3. The van der Waals surface area contributed by atoms with E-state index in [1.54, 1.807) is 13.0 Å². The van der Waals surface area contributed by atoms with Crippen LogP contribution in [-0.4, -0.2) is 0 Å². The average molecular weight is 243 g/mol. The molecule has 2 aromatic carbocycles. The first-order chi connectivity index (χ1) is 9.19. The van der Waals surface area contributed by atoms with Crippen molar-refractivity contribution >= 4 is 22.2 Å². The Kier molecular flexibility index (Phi) is 3.29. The Hall–Kier alpha value is -3.09. The molecule has 0 radical (unpaired) electrons. The summed E-state index contributed by atoms with van der Waals surface area (Å²) in [5.74, 6) is 0. The van der Waals surface area contributed by atoms with Gasteiger partial charge in [-0.2, -0.15) is 0 Å². The summed E-state index contributed by atoms with van der Waals surface area (Å²) in [4.78, 5) is 6.62. The maximum atomic E-state index is 8.86. The normalized spacial score (nSPS) is 12.9. The van der Waals surface area contributed by atoms with Crippen LogP contribution in [0, 0.1) is 24.5 Å². The molecule has 0 spiro atoms. The molecule has 0 saturated carbocycles. The number of nitriles is 1. The van der Waals surface area contributed by atoms with Crippen LogP contribution in [0.1, 0.15) is 6.92 Å². The van der Waals surface area contributed by atoms with Gasteiger partial charge in [0, 0.05) is 0 Å². The topological polar surface area (TPSA) is 32.5 Å². The third-order valence-electron chi connectivity index (χ3n) is 2.92.